The second kappa shape index (κ2) is 4.53. The van der Waals surface area contributed by atoms with E-state index in [1.165, 1.54) is 0 Å². The normalized spacial score (nSPS) is 30.2. The zero-order valence-electron chi connectivity index (χ0n) is 11.1. The Kier molecular flexibility index (Phi) is 2.97. The van der Waals surface area contributed by atoms with Gasteiger partial charge in [-0.2, -0.15) is 0 Å². The maximum Gasteiger partial charge on any atom is 0.253 e. The van der Waals surface area contributed by atoms with Crippen molar-refractivity contribution in [2.45, 2.75) is 25.4 Å². The molecule has 1 aromatic carbocycles. The minimum atomic E-state index is -0.105. The van der Waals surface area contributed by atoms with Gasteiger partial charge in [0.1, 0.15) is 5.75 Å². The van der Waals surface area contributed by atoms with E-state index in [4.69, 9.17) is 4.74 Å². The molecular weight excluding hydrogens is 242 g/mol. The summed E-state index contributed by atoms with van der Waals surface area (Å²) in [4.78, 5) is 14.2. The molecule has 2 atom stereocenters. The minimum absolute atomic E-state index is 0.0278. The van der Waals surface area contributed by atoms with Gasteiger partial charge in [0.2, 0.25) is 0 Å². The van der Waals surface area contributed by atoms with Crippen LogP contribution in [0.3, 0.4) is 0 Å². The van der Waals surface area contributed by atoms with Crippen LogP contribution in [-0.4, -0.2) is 41.2 Å². The third-order valence-corrected chi connectivity index (χ3v) is 4.11. The molecule has 2 saturated heterocycles. The Hall–Kier alpha value is -1.55. The van der Waals surface area contributed by atoms with E-state index in [1.54, 1.807) is 24.3 Å². The van der Waals surface area contributed by atoms with E-state index in [0.29, 0.717) is 18.0 Å². The van der Waals surface area contributed by atoms with Gasteiger partial charge in [0.15, 0.2) is 0 Å². The molecule has 2 heterocycles. The minimum Gasteiger partial charge on any atom is -0.508 e. The molecule has 2 unspecified atom stereocenters. The zero-order valence-corrected chi connectivity index (χ0v) is 11.1. The van der Waals surface area contributed by atoms with Crippen LogP contribution < -0.4 is 0 Å². The molecule has 102 valence electrons. The molecule has 19 heavy (non-hydrogen) atoms. The average molecular weight is 261 g/mol. The highest BCUT2D eigenvalue weighted by Crippen LogP contribution is 2.38. The number of ether oxygens (including phenoxy) is 1. The summed E-state index contributed by atoms with van der Waals surface area (Å²) in [6.07, 6.45) is 1.98. The summed E-state index contributed by atoms with van der Waals surface area (Å²) in [7, 11) is 0. The highest BCUT2D eigenvalue weighted by molar-refractivity contribution is 5.94. The van der Waals surface area contributed by atoms with Crippen molar-refractivity contribution in [3.05, 3.63) is 29.8 Å². The highest BCUT2D eigenvalue weighted by atomic mass is 16.5. The molecular formula is C15H19NO3. The van der Waals surface area contributed by atoms with Crippen molar-refractivity contribution in [1.29, 1.82) is 0 Å². The number of carbonyl (C=O) groups excluding carboxylic acids is 1. The fourth-order valence-corrected chi connectivity index (χ4v) is 3.16. The number of phenolic OH excluding ortho intramolecular Hbond substituents is 1. The molecule has 1 aromatic rings. The van der Waals surface area contributed by atoms with E-state index >= 15 is 0 Å². The largest absolute Gasteiger partial charge is 0.508 e. The van der Waals surface area contributed by atoms with Gasteiger partial charge in [-0.15, -0.1) is 0 Å². The SMILES string of the molecule is CC1COC2(CCN(C(=O)c3ccc(O)cc3)C2)C1. The van der Waals surface area contributed by atoms with Crippen molar-refractivity contribution in [3.8, 4) is 5.75 Å². The molecule has 0 bridgehead atoms. The van der Waals surface area contributed by atoms with Crippen LogP contribution in [0, 0.1) is 5.92 Å². The lowest BCUT2D eigenvalue weighted by Crippen LogP contribution is -2.35. The van der Waals surface area contributed by atoms with E-state index in [1.807, 2.05) is 4.90 Å². The highest BCUT2D eigenvalue weighted by Gasteiger charge is 2.45. The number of likely N-dealkylation sites (tertiary alicyclic amines) is 1. The lowest BCUT2D eigenvalue weighted by atomic mass is 9.94. The van der Waals surface area contributed by atoms with E-state index in [0.717, 1.165) is 26.0 Å². The first-order valence-electron chi connectivity index (χ1n) is 6.80. The zero-order chi connectivity index (χ0) is 13.5. The summed E-state index contributed by atoms with van der Waals surface area (Å²) in [5.41, 5.74) is 0.521. The first-order chi connectivity index (χ1) is 9.08. The van der Waals surface area contributed by atoms with Gasteiger partial charge in [0.05, 0.1) is 18.8 Å². The molecule has 0 saturated carbocycles. The van der Waals surface area contributed by atoms with Gasteiger partial charge in [0.25, 0.3) is 5.91 Å². The topological polar surface area (TPSA) is 49.8 Å². The van der Waals surface area contributed by atoms with Gasteiger partial charge in [-0.1, -0.05) is 6.92 Å². The smallest absolute Gasteiger partial charge is 0.253 e. The average Bonchev–Trinajstić information content (AvgIpc) is 2.97. The fraction of sp³-hybridized carbons (Fsp3) is 0.533. The Balaban J connectivity index is 1.71. The Morgan fingerprint density at radius 3 is 2.79 bits per heavy atom. The summed E-state index contributed by atoms with van der Waals surface area (Å²) in [6, 6.07) is 6.43. The van der Waals surface area contributed by atoms with E-state index < -0.39 is 0 Å². The van der Waals surface area contributed by atoms with Crippen molar-refractivity contribution in [3.63, 3.8) is 0 Å². The van der Waals surface area contributed by atoms with Crippen molar-refractivity contribution in [2.75, 3.05) is 19.7 Å². The van der Waals surface area contributed by atoms with Gasteiger partial charge in [-0.3, -0.25) is 4.79 Å². The Morgan fingerprint density at radius 2 is 2.16 bits per heavy atom. The Bertz CT molecular complexity index is 485. The molecule has 2 aliphatic heterocycles. The van der Waals surface area contributed by atoms with Crippen molar-refractivity contribution in [1.82, 2.24) is 4.90 Å². The number of hydrogen-bond donors (Lipinski definition) is 1. The monoisotopic (exact) mass is 261 g/mol. The molecule has 1 amide bonds. The predicted octanol–water partition coefficient (Wildman–Crippen LogP) is 2.03. The summed E-state index contributed by atoms with van der Waals surface area (Å²) < 4.78 is 5.92. The van der Waals surface area contributed by atoms with Crippen LogP contribution in [0.2, 0.25) is 0 Å². The molecule has 0 radical (unpaired) electrons. The van der Waals surface area contributed by atoms with Crippen molar-refractivity contribution >= 4 is 5.91 Å². The van der Waals surface area contributed by atoms with Gasteiger partial charge in [0, 0.05) is 12.1 Å². The summed E-state index contributed by atoms with van der Waals surface area (Å²) >= 11 is 0. The third-order valence-electron chi connectivity index (χ3n) is 4.11. The van der Waals surface area contributed by atoms with Gasteiger partial charge in [-0.05, 0) is 43.0 Å². The summed E-state index contributed by atoms with van der Waals surface area (Å²) in [5, 5.41) is 9.26. The van der Waals surface area contributed by atoms with Crippen LogP contribution in [0.5, 0.6) is 5.75 Å². The lowest BCUT2D eigenvalue weighted by Gasteiger charge is -2.23. The van der Waals surface area contributed by atoms with Crippen LogP contribution in [0.4, 0.5) is 0 Å². The first-order valence-corrected chi connectivity index (χ1v) is 6.80. The van der Waals surface area contributed by atoms with E-state index in [2.05, 4.69) is 6.92 Å². The van der Waals surface area contributed by atoms with Crippen molar-refractivity contribution < 1.29 is 14.6 Å². The summed E-state index contributed by atoms with van der Waals surface area (Å²) in [5.74, 6) is 0.797. The fourth-order valence-electron chi connectivity index (χ4n) is 3.16. The van der Waals surface area contributed by atoms with Crippen LogP contribution in [0.1, 0.15) is 30.1 Å². The standard InChI is InChI=1S/C15H19NO3/c1-11-8-15(19-9-11)6-7-16(10-15)14(18)12-2-4-13(17)5-3-12/h2-5,11,17H,6-10H2,1H3. The van der Waals surface area contributed by atoms with Gasteiger partial charge < -0.3 is 14.7 Å². The molecule has 4 heteroatoms. The number of aromatic hydroxyl groups is 1. The van der Waals surface area contributed by atoms with Crippen molar-refractivity contribution in [2.24, 2.45) is 5.92 Å². The number of amides is 1. The van der Waals surface area contributed by atoms with E-state index in [-0.39, 0.29) is 17.3 Å². The second-order valence-corrected chi connectivity index (χ2v) is 5.83. The second-order valence-electron chi connectivity index (χ2n) is 5.83. The number of carbonyl (C=O) groups is 1. The van der Waals surface area contributed by atoms with Crippen LogP contribution in [0.15, 0.2) is 24.3 Å². The van der Waals surface area contributed by atoms with Gasteiger partial charge in [-0.25, -0.2) is 0 Å². The maximum atomic E-state index is 12.4. The molecule has 4 nitrogen and oxygen atoms in total. The molecule has 2 fully saturated rings. The van der Waals surface area contributed by atoms with E-state index in [9.17, 15) is 9.90 Å². The number of nitrogens with zero attached hydrogens (tertiary/aromatic N) is 1. The van der Waals surface area contributed by atoms with Crippen LogP contribution >= 0.6 is 0 Å². The Morgan fingerprint density at radius 1 is 1.42 bits per heavy atom. The molecule has 0 aliphatic carbocycles. The molecule has 0 aromatic heterocycles. The molecule has 2 aliphatic rings. The molecule has 3 rings (SSSR count). The Labute approximate surface area is 113 Å². The predicted molar refractivity (Wildman–Crippen MR) is 71.1 cm³/mol. The summed E-state index contributed by atoms with van der Waals surface area (Å²) in [6.45, 7) is 4.45. The maximum absolute atomic E-state index is 12.4. The third kappa shape index (κ3) is 2.32. The molecule has 1 N–H and O–H groups in total. The number of rotatable bonds is 1. The first kappa shape index (κ1) is 12.5. The lowest BCUT2D eigenvalue weighted by molar-refractivity contribution is 0.0118. The quantitative estimate of drug-likeness (QED) is 0.841. The van der Waals surface area contributed by atoms with Crippen LogP contribution in [0.25, 0.3) is 0 Å². The number of benzene rings is 1. The van der Waals surface area contributed by atoms with Gasteiger partial charge >= 0.3 is 0 Å². The number of hydrogen-bond acceptors (Lipinski definition) is 3. The number of phenols is 1. The molecule has 1 spiro atoms. The van der Waals surface area contributed by atoms with Crippen LogP contribution in [-0.2, 0) is 4.74 Å².